The van der Waals surface area contributed by atoms with E-state index >= 15 is 0 Å². The first-order valence-electron chi connectivity index (χ1n) is 17.5. The Morgan fingerprint density at radius 1 is 0.353 bits per heavy atom. The molecule has 4 nitrogen and oxygen atoms in total. The molecule has 0 amide bonds. The Labute approximate surface area is 294 Å². The molecule has 0 unspecified atom stereocenters. The van der Waals surface area contributed by atoms with Gasteiger partial charge in [-0.2, -0.15) is 0 Å². The van der Waals surface area contributed by atoms with Crippen LogP contribution >= 0.6 is 0 Å². The van der Waals surface area contributed by atoms with E-state index in [0.29, 0.717) is 0 Å². The van der Waals surface area contributed by atoms with Crippen LogP contribution in [0.2, 0.25) is 0 Å². The summed E-state index contributed by atoms with van der Waals surface area (Å²) in [4.78, 5) is 10.6. The van der Waals surface area contributed by atoms with E-state index in [0.717, 1.165) is 51.7 Å². The van der Waals surface area contributed by atoms with Crippen LogP contribution in [0, 0.1) is 0 Å². The van der Waals surface area contributed by atoms with Crippen molar-refractivity contribution in [2.24, 2.45) is 0 Å². The van der Waals surface area contributed by atoms with E-state index in [4.69, 9.17) is 9.97 Å². The molecule has 0 fully saturated rings. The van der Waals surface area contributed by atoms with Gasteiger partial charge in [0.15, 0.2) is 0 Å². The monoisotopic (exact) mass is 650 g/mol. The van der Waals surface area contributed by atoms with Gasteiger partial charge in [0.2, 0.25) is 0 Å². The Bertz CT molecular complexity index is 2780. The standard InChI is InChI=1S/C47H30N4/c1-3-11-34(12-4-1)50-42-17-9-7-15-36(42)38-28-30(21-25-44(38)50)40-23-19-32-27-33-20-24-41(49-47(33)46(32)48-40)31-22-26-45-39(29-31)37-16-8-10-18-43(37)51(45)35-13-5-2-6-14-35/h1-26,28-29H,27H2. The predicted molar refractivity (Wildman–Crippen MR) is 210 cm³/mol. The average molecular weight is 651 g/mol. The Hall–Kier alpha value is -6.78. The molecule has 4 heterocycles. The highest BCUT2D eigenvalue weighted by molar-refractivity contribution is 6.11. The number of rotatable bonds is 4. The highest BCUT2D eigenvalue weighted by atomic mass is 15.0. The molecular formula is C47H30N4. The van der Waals surface area contributed by atoms with Gasteiger partial charge >= 0.3 is 0 Å². The number of para-hydroxylation sites is 4. The summed E-state index contributed by atoms with van der Waals surface area (Å²) < 4.78 is 4.70. The second-order valence-electron chi connectivity index (χ2n) is 13.4. The number of benzene rings is 6. The largest absolute Gasteiger partial charge is 0.309 e. The molecule has 4 aromatic heterocycles. The van der Waals surface area contributed by atoms with Crippen molar-refractivity contribution >= 4 is 43.6 Å². The number of hydrogen-bond donors (Lipinski definition) is 0. The minimum atomic E-state index is 0.846. The number of fused-ring (bicyclic) bond motifs is 9. The molecule has 10 aromatic rings. The van der Waals surface area contributed by atoms with Gasteiger partial charge in [-0.3, -0.25) is 0 Å². The van der Waals surface area contributed by atoms with E-state index in [9.17, 15) is 0 Å². The fourth-order valence-corrected chi connectivity index (χ4v) is 8.17. The van der Waals surface area contributed by atoms with Gasteiger partial charge in [-0.15, -0.1) is 0 Å². The van der Waals surface area contributed by atoms with Crippen molar-refractivity contribution in [3.05, 3.63) is 181 Å². The van der Waals surface area contributed by atoms with Crippen LogP contribution in [0.15, 0.2) is 170 Å². The summed E-state index contributed by atoms with van der Waals surface area (Å²) >= 11 is 0. The van der Waals surface area contributed by atoms with Crippen LogP contribution in [0.5, 0.6) is 0 Å². The summed E-state index contributed by atoms with van der Waals surface area (Å²) in [6, 6.07) is 60.8. The number of nitrogens with zero attached hydrogens (tertiary/aromatic N) is 4. The molecule has 1 aliphatic carbocycles. The Morgan fingerprint density at radius 3 is 1.24 bits per heavy atom. The Morgan fingerprint density at radius 2 is 0.765 bits per heavy atom. The van der Waals surface area contributed by atoms with Gasteiger partial charge in [0.25, 0.3) is 0 Å². The van der Waals surface area contributed by atoms with Crippen LogP contribution in [-0.2, 0) is 6.42 Å². The van der Waals surface area contributed by atoms with Gasteiger partial charge in [0, 0.05) is 50.5 Å². The van der Waals surface area contributed by atoms with Gasteiger partial charge in [-0.25, -0.2) is 9.97 Å². The zero-order chi connectivity index (χ0) is 33.5. The van der Waals surface area contributed by atoms with Crippen molar-refractivity contribution in [3.8, 4) is 45.3 Å². The lowest BCUT2D eigenvalue weighted by Crippen LogP contribution is -1.94. The summed E-state index contributed by atoms with van der Waals surface area (Å²) in [5.41, 5.74) is 15.6. The third kappa shape index (κ3) is 4.26. The van der Waals surface area contributed by atoms with Crippen LogP contribution in [0.25, 0.3) is 88.9 Å². The Balaban J connectivity index is 1.01. The number of aromatic nitrogens is 4. The smallest absolute Gasteiger partial charge is 0.0932 e. The zero-order valence-electron chi connectivity index (χ0n) is 27.7. The van der Waals surface area contributed by atoms with E-state index < -0.39 is 0 Å². The molecular weight excluding hydrogens is 621 g/mol. The lowest BCUT2D eigenvalue weighted by atomic mass is 10.1. The first-order valence-corrected chi connectivity index (χ1v) is 17.5. The predicted octanol–water partition coefficient (Wildman–Crippen LogP) is 11.6. The summed E-state index contributed by atoms with van der Waals surface area (Å²) in [6.07, 6.45) is 0.846. The molecule has 0 aliphatic heterocycles. The van der Waals surface area contributed by atoms with E-state index in [1.807, 2.05) is 0 Å². The van der Waals surface area contributed by atoms with E-state index in [1.54, 1.807) is 0 Å². The van der Waals surface area contributed by atoms with Gasteiger partial charge in [-0.05, 0) is 83.9 Å². The molecule has 51 heavy (non-hydrogen) atoms. The molecule has 0 saturated carbocycles. The summed E-state index contributed by atoms with van der Waals surface area (Å²) in [5, 5.41) is 4.91. The quantitative estimate of drug-likeness (QED) is 0.190. The SMILES string of the molecule is c1ccc(-n2c3ccccc3c3cc(-c4ccc5c(n4)-c4nc(-c6ccc7c(c6)c6ccccc6n7-c6ccccc6)ccc4C5)ccc32)cc1. The minimum Gasteiger partial charge on any atom is -0.309 e. The maximum Gasteiger partial charge on any atom is 0.0932 e. The number of pyridine rings is 2. The highest BCUT2D eigenvalue weighted by Crippen LogP contribution is 2.40. The molecule has 0 bridgehead atoms. The Kier molecular flexibility index (Phi) is 5.98. The van der Waals surface area contributed by atoms with E-state index in [1.165, 1.54) is 54.7 Å². The van der Waals surface area contributed by atoms with Crippen molar-refractivity contribution in [2.75, 3.05) is 0 Å². The second-order valence-corrected chi connectivity index (χ2v) is 13.4. The minimum absolute atomic E-state index is 0.846. The second kappa shape index (κ2) is 10.9. The van der Waals surface area contributed by atoms with E-state index in [2.05, 4.69) is 179 Å². The van der Waals surface area contributed by atoms with Crippen molar-refractivity contribution < 1.29 is 0 Å². The fourth-order valence-electron chi connectivity index (χ4n) is 8.17. The normalized spacial score (nSPS) is 12.2. The maximum absolute atomic E-state index is 5.31. The average Bonchev–Trinajstić information content (AvgIpc) is 3.85. The first-order chi connectivity index (χ1) is 25.3. The molecule has 1 aliphatic rings. The molecule has 6 aromatic carbocycles. The molecule has 0 saturated heterocycles. The van der Waals surface area contributed by atoms with Crippen molar-refractivity contribution in [2.45, 2.75) is 6.42 Å². The summed E-state index contributed by atoms with van der Waals surface area (Å²) in [6.45, 7) is 0. The molecule has 0 N–H and O–H groups in total. The lowest BCUT2D eigenvalue weighted by molar-refractivity contribution is 1.18. The third-order valence-corrected chi connectivity index (χ3v) is 10.5. The molecule has 4 heteroatoms. The van der Waals surface area contributed by atoms with Crippen LogP contribution in [-0.4, -0.2) is 19.1 Å². The summed E-state index contributed by atoms with van der Waals surface area (Å²) in [5.74, 6) is 0. The van der Waals surface area contributed by atoms with Gasteiger partial charge in [0.05, 0.1) is 44.8 Å². The zero-order valence-corrected chi connectivity index (χ0v) is 27.7. The topological polar surface area (TPSA) is 35.6 Å². The molecule has 238 valence electrons. The van der Waals surface area contributed by atoms with Gasteiger partial charge in [0.1, 0.15) is 0 Å². The molecule has 0 spiro atoms. The highest BCUT2D eigenvalue weighted by Gasteiger charge is 2.24. The van der Waals surface area contributed by atoms with Crippen LogP contribution in [0.4, 0.5) is 0 Å². The van der Waals surface area contributed by atoms with Gasteiger partial charge in [-0.1, -0.05) is 97.1 Å². The fraction of sp³-hybridized carbons (Fsp3) is 0.0213. The van der Waals surface area contributed by atoms with Crippen LogP contribution in [0.3, 0.4) is 0 Å². The van der Waals surface area contributed by atoms with Crippen molar-refractivity contribution in [3.63, 3.8) is 0 Å². The van der Waals surface area contributed by atoms with Crippen LogP contribution < -0.4 is 0 Å². The third-order valence-electron chi connectivity index (χ3n) is 10.5. The van der Waals surface area contributed by atoms with Gasteiger partial charge < -0.3 is 9.13 Å². The van der Waals surface area contributed by atoms with Crippen molar-refractivity contribution in [1.29, 1.82) is 0 Å². The van der Waals surface area contributed by atoms with E-state index in [-0.39, 0.29) is 0 Å². The molecule has 0 atom stereocenters. The lowest BCUT2D eigenvalue weighted by Gasteiger charge is -2.09. The van der Waals surface area contributed by atoms with Crippen LogP contribution in [0.1, 0.15) is 11.1 Å². The van der Waals surface area contributed by atoms with Crippen molar-refractivity contribution in [1.82, 2.24) is 19.1 Å². The summed E-state index contributed by atoms with van der Waals surface area (Å²) in [7, 11) is 0. The molecule has 11 rings (SSSR count). The maximum atomic E-state index is 5.31. The molecule has 0 radical (unpaired) electrons. The first kappa shape index (κ1) is 28.1. The number of hydrogen-bond acceptors (Lipinski definition) is 2.